The van der Waals surface area contributed by atoms with Crippen LogP contribution in [0.1, 0.15) is 27.9 Å². The number of hydrogen-bond donors (Lipinski definition) is 1. The van der Waals surface area contributed by atoms with Gasteiger partial charge in [0.2, 0.25) is 0 Å². The Morgan fingerprint density at radius 3 is 2.24 bits per heavy atom. The molecule has 1 aliphatic rings. The number of carbonyl (C=O) groups excluding carboxylic acids is 2. The Morgan fingerprint density at radius 1 is 0.824 bits per heavy atom. The second kappa shape index (κ2) is 8.90. The molecular formula is C29H22ClNO3. The molecule has 4 nitrogen and oxygen atoms in total. The molecule has 5 heteroatoms. The van der Waals surface area contributed by atoms with Gasteiger partial charge in [0.25, 0.3) is 5.91 Å². The van der Waals surface area contributed by atoms with E-state index in [9.17, 15) is 14.7 Å². The zero-order valence-corrected chi connectivity index (χ0v) is 19.1. The monoisotopic (exact) mass is 467 g/mol. The van der Waals surface area contributed by atoms with Crippen molar-refractivity contribution >= 4 is 29.0 Å². The predicted molar refractivity (Wildman–Crippen MR) is 134 cm³/mol. The molecule has 168 valence electrons. The fraction of sp³-hybridized carbons (Fsp3) is 0.103. The number of rotatable bonds is 6. The van der Waals surface area contributed by atoms with Crippen molar-refractivity contribution in [2.24, 2.45) is 0 Å². The Bertz CT molecular complexity index is 1370. The van der Waals surface area contributed by atoms with Crippen LogP contribution in [0.25, 0.3) is 11.1 Å². The number of nitrogens with zero attached hydrogens (tertiary/aromatic N) is 1. The van der Waals surface area contributed by atoms with E-state index in [1.807, 2.05) is 60.7 Å². The molecule has 1 heterocycles. The zero-order chi connectivity index (χ0) is 23.7. The number of benzene rings is 4. The van der Waals surface area contributed by atoms with Crippen molar-refractivity contribution in [3.63, 3.8) is 0 Å². The molecule has 0 saturated heterocycles. The van der Waals surface area contributed by atoms with E-state index in [0.29, 0.717) is 21.8 Å². The average molecular weight is 468 g/mol. The topological polar surface area (TPSA) is 57.6 Å². The maximum atomic E-state index is 13.5. The van der Waals surface area contributed by atoms with Gasteiger partial charge in [0.15, 0.2) is 11.4 Å². The molecule has 1 unspecified atom stereocenters. The SMILES string of the molecule is O=C(CC1(O)C(=O)N(Cc2cccc(Cl)c2)c2ccccc21)c1ccc(-c2ccccc2)cc1. The van der Waals surface area contributed by atoms with Crippen LogP contribution in [0.4, 0.5) is 5.69 Å². The molecule has 1 atom stereocenters. The third kappa shape index (κ3) is 4.03. The standard InChI is InChI=1S/C29H22ClNO3/c30-24-10-6-7-20(17-24)19-31-26-12-5-4-11-25(26)29(34,28(31)33)18-27(32)23-15-13-22(14-16-23)21-8-2-1-3-9-21/h1-17,34H,18-19H2. The predicted octanol–water partition coefficient (Wildman–Crippen LogP) is 6.01. The zero-order valence-electron chi connectivity index (χ0n) is 18.3. The van der Waals surface area contributed by atoms with Crippen molar-refractivity contribution in [1.82, 2.24) is 0 Å². The molecule has 34 heavy (non-hydrogen) atoms. The largest absolute Gasteiger partial charge is 0.375 e. The summed E-state index contributed by atoms with van der Waals surface area (Å²) >= 11 is 6.11. The molecule has 0 bridgehead atoms. The Kier molecular flexibility index (Phi) is 5.78. The van der Waals surface area contributed by atoms with Crippen molar-refractivity contribution in [2.75, 3.05) is 4.90 Å². The fourth-order valence-electron chi connectivity index (χ4n) is 4.47. The second-order valence-corrected chi connectivity index (χ2v) is 8.88. The van der Waals surface area contributed by atoms with E-state index < -0.39 is 11.5 Å². The summed E-state index contributed by atoms with van der Waals surface area (Å²) in [6.07, 6.45) is -0.334. The van der Waals surface area contributed by atoms with Gasteiger partial charge in [-0.3, -0.25) is 9.59 Å². The third-order valence-electron chi connectivity index (χ3n) is 6.20. The molecule has 0 spiro atoms. The molecule has 0 aliphatic carbocycles. The lowest BCUT2D eigenvalue weighted by Gasteiger charge is -2.23. The van der Waals surface area contributed by atoms with Crippen LogP contribution in [-0.4, -0.2) is 16.8 Å². The molecule has 4 aromatic carbocycles. The molecule has 0 aromatic heterocycles. The van der Waals surface area contributed by atoms with Crippen LogP contribution in [0.2, 0.25) is 5.02 Å². The maximum Gasteiger partial charge on any atom is 0.264 e. The minimum absolute atomic E-state index is 0.249. The van der Waals surface area contributed by atoms with E-state index in [0.717, 1.165) is 16.7 Å². The van der Waals surface area contributed by atoms with Crippen molar-refractivity contribution in [1.29, 1.82) is 0 Å². The first-order valence-electron chi connectivity index (χ1n) is 11.0. The van der Waals surface area contributed by atoms with Gasteiger partial charge in [0, 0.05) is 16.1 Å². The Morgan fingerprint density at radius 2 is 1.50 bits per heavy atom. The van der Waals surface area contributed by atoms with Crippen molar-refractivity contribution in [3.05, 3.63) is 125 Å². The highest BCUT2D eigenvalue weighted by atomic mass is 35.5. The van der Waals surface area contributed by atoms with E-state index in [-0.39, 0.29) is 18.7 Å². The molecular weight excluding hydrogens is 446 g/mol. The Balaban J connectivity index is 1.41. The van der Waals surface area contributed by atoms with Gasteiger partial charge in [0.05, 0.1) is 18.7 Å². The summed E-state index contributed by atoms with van der Waals surface area (Å²) in [6.45, 7) is 0.249. The lowest BCUT2D eigenvalue weighted by atomic mass is 9.88. The highest BCUT2D eigenvalue weighted by Crippen LogP contribution is 2.43. The van der Waals surface area contributed by atoms with Gasteiger partial charge in [-0.05, 0) is 34.9 Å². The van der Waals surface area contributed by atoms with E-state index >= 15 is 0 Å². The summed E-state index contributed by atoms with van der Waals surface area (Å²) in [5.74, 6) is -0.808. The number of hydrogen-bond acceptors (Lipinski definition) is 3. The van der Waals surface area contributed by atoms with Gasteiger partial charge in [-0.15, -0.1) is 0 Å². The van der Waals surface area contributed by atoms with Crippen LogP contribution in [-0.2, 0) is 16.9 Å². The lowest BCUT2D eigenvalue weighted by Crippen LogP contribution is -2.41. The average Bonchev–Trinajstić information content (AvgIpc) is 3.06. The van der Waals surface area contributed by atoms with Gasteiger partial charge in [0.1, 0.15) is 0 Å². The van der Waals surface area contributed by atoms with E-state index in [1.54, 1.807) is 42.5 Å². The van der Waals surface area contributed by atoms with Gasteiger partial charge in [-0.25, -0.2) is 0 Å². The van der Waals surface area contributed by atoms with Crippen molar-refractivity contribution in [2.45, 2.75) is 18.6 Å². The fourth-order valence-corrected chi connectivity index (χ4v) is 4.68. The summed E-state index contributed by atoms with van der Waals surface area (Å²) in [5, 5.41) is 12.1. The molecule has 0 saturated carbocycles. The smallest absolute Gasteiger partial charge is 0.264 e. The van der Waals surface area contributed by atoms with Crippen LogP contribution < -0.4 is 4.90 Å². The van der Waals surface area contributed by atoms with Crippen LogP contribution in [0.5, 0.6) is 0 Å². The number of fused-ring (bicyclic) bond motifs is 1. The lowest BCUT2D eigenvalue weighted by molar-refractivity contribution is -0.136. The summed E-state index contributed by atoms with van der Waals surface area (Å²) in [7, 11) is 0. The number of carbonyl (C=O) groups is 2. The second-order valence-electron chi connectivity index (χ2n) is 8.44. The molecule has 1 amide bonds. The summed E-state index contributed by atoms with van der Waals surface area (Å²) in [4.78, 5) is 28.2. The Hall–Kier alpha value is -3.73. The minimum atomic E-state index is -1.93. The highest BCUT2D eigenvalue weighted by Gasteiger charge is 2.50. The quantitative estimate of drug-likeness (QED) is 0.353. The van der Waals surface area contributed by atoms with E-state index in [1.165, 1.54) is 4.90 Å². The van der Waals surface area contributed by atoms with Crippen LogP contribution >= 0.6 is 11.6 Å². The maximum absolute atomic E-state index is 13.5. The minimum Gasteiger partial charge on any atom is -0.375 e. The van der Waals surface area contributed by atoms with Gasteiger partial charge < -0.3 is 10.0 Å². The van der Waals surface area contributed by atoms with Crippen LogP contribution in [0.3, 0.4) is 0 Å². The van der Waals surface area contributed by atoms with Gasteiger partial charge >= 0.3 is 0 Å². The number of aliphatic hydroxyl groups is 1. The summed E-state index contributed by atoms with van der Waals surface area (Å²) < 4.78 is 0. The van der Waals surface area contributed by atoms with Crippen molar-refractivity contribution in [3.8, 4) is 11.1 Å². The highest BCUT2D eigenvalue weighted by molar-refractivity contribution is 6.30. The first kappa shape index (κ1) is 22.1. The number of halogens is 1. The third-order valence-corrected chi connectivity index (χ3v) is 6.43. The molecule has 0 fully saturated rings. The number of para-hydroxylation sites is 1. The van der Waals surface area contributed by atoms with Crippen LogP contribution in [0, 0.1) is 0 Å². The summed E-state index contributed by atoms with van der Waals surface area (Å²) in [6, 6.07) is 31.4. The number of ketones is 1. The van der Waals surface area contributed by atoms with Gasteiger partial charge in [-0.2, -0.15) is 0 Å². The summed E-state index contributed by atoms with van der Waals surface area (Å²) in [5.41, 5.74) is 2.44. The Labute approximate surface area is 203 Å². The number of anilines is 1. The van der Waals surface area contributed by atoms with Crippen molar-refractivity contribution < 1.29 is 14.7 Å². The first-order chi connectivity index (χ1) is 16.5. The van der Waals surface area contributed by atoms with E-state index in [4.69, 9.17) is 11.6 Å². The first-order valence-corrected chi connectivity index (χ1v) is 11.4. The normalized spacial score (nSPS) is 17.0. The van der Waals surface area contributed by atoms with Gasteiger partial charge in [-0.1, -0.05) is 96.5 Å². The molecule has 4 aromatic rings. The number of Topliss-reactive ketones (excluding diaryl/α,β-unsaturated/α-hetero) is 1. The number of amides is 1. The molecule has 0 radical (unpaired) electrons. The molecule has 1 aliphatic heterocycles. The molecule has 5 rings (SSSR count). The van der Waals surface area contributed by atoms with E-state index in [2.05, 4.69) is 0 Å². The molecule has 1 N–H and O–H groups in total. The van der Waals surface area contributed by atoms with Crippen LogP contribution in [0.15, 0.2) is 103 Å².